The van der Waals surface area contributed by atoms with Crippen molar-refractivity contribution in [2.24, 2.45) is 0 Å². The molecular formula is C20H22ClN5O. The maximum Gasteiger partial charge on any atom is 0.237 e. The summed E-state index contributed by atoms with van der Waals surface area (Å²) in [5.41, 5.74) is 2.51. The lowest BCUT2D eigenvalue weighted by Gasteiger charge is -2.36. The third-order valence-electron chi connectivity index (χ3n) is 4.49. The van der Waals surface area contributed by atoms with Gasteiger partial charge in [-0.15, -0.1) is 12.4 Å². The molecule has 7 heteroatoms. The van der Waals surface area contributed by atoms with Gasteiger partial charge in [0.25, 0.3) is 0 Å². The average Bonchev–Trinajstić information content (AvgIpc) is 2.71. The lowest BCUT2D eigenvalue weighted by molar-refractivity contribution is 0.153. The molecule has 27 heavy (non-hydrogen) atoms. The molecule has 1 aliphatic rings. The fraction of sp³-hybridized carbons (Fsp3) is 0.250. The van der Waals surface area contributed by atoms with Crippen LogP contribution < -0.4 is 10.1 Å². The van der Waals surface area contributed by atoms with Crippen molar-refractivity contribution in [1.29, 1.82) is 0 Å². The molecule has 1 unspecified atom stereocenters. The first kappa shape index (κ1) is 19.2. The van der Waals surface area contributed by atoms with E-state index in [4.69, 9.17) is 4.74 Å². The summed E-state index contributed by atoms with van der Waals surface area (Å²) in [6.45, 7) is 3.86. The predicted molar refractivity (Wildman–Crippen MR) is 106 cm³/mol. The second-order valence-corrected chi connectivity index (χ2v) is 6.27. The van der Waals surface area contributed by atoms with E-state index in [1.165, 1.54) is 11.1 Å². The summed E-state index contributed by atoms with van der Waals surface area (Å²) >= 11 is 0. The highest BCUT2D eigenvalue weighted by molar-refractivity contribution is 5.85. The molecule has 4 rings (SSSR count). The van der Waals surface area contributed by atoms with Crippen LogP contribution in [0.3, 0.4) is 0 Å². The highest BCUT2D eigenvalue weighted by atomic mass is 35.5. The van der Waals surface area contributed by atoms with Crippen LogP contribution in [0.25, 0.3) is 0 Å². The number of nitrogens with zero attached hydrogens (tertiary/aromatic N) is 4. The average molecular weight is 384 g/mol. The Hall–Kier alpha value is -2.54. The Morgan fingerprint density at radius 3 is 2.63 bits per heavy atom. The number of ether oxygens (including phenoxy) is 1. The van der Waals surface area contributed by atoms with Crippen LogP contribution in [0.2, 0.25) is 0 Å². The first-order valence-corrected chi connectivity index (χ1v) is 8.76. The van der Waals surface area contributed by atoms with Crippen molar-refractivity contribution in [3.63, 3.8) is 0 Å². The molecule has 1 aromatic carbocycles. The van der Waals surface area contributed by atoms with Crippen molar-refractivity contribution >= 4 is 12.4 Å². The number of aromatic nitrogens is 3. The zero-order valence-corrected chi connectivity index (χ0v) is 15.7. The van der Waals surface area contributed by atoms with Gasteiger partial charge in [0, 0.05) is 57.0 Å². The minimum Gasteiger partial charge on any atom is -0.438 e. The molecular weight excluding hydrogens is 362 g/mol. The fourth-order valence-electron chi connectivity index (χ4n) is 3.19. The number of rotatable bonds is 5. The maximum atomic E-state index is 5.71. The number of benzene rings is 1. The Balaban J connectivity index is 0.00000210. The normalized spacial score (nSPS) is 17.1. The molecule has 1 fully saturated rings. The van der Waals surface area contributed by atoms with E-state index in [9.17, 15) is 0 Å². The maximum absolute atomic E-state index is 5.71. The number of piperazine rings is 1. The van der Waals surface area contributed by atoms with E-state index in [0.29, 0.717) is 11.9 Å². The quantitative estimate of drug-likeness (QED) is 0.729. The van der Waals surface area contributed by atoms with E-state index >= 15 is 0 Å². The van der Waals surface area contributed by atoms with Crippen LogP contribution in [-0.2, 0) is 6.54 Å². The van der Waals surface area contributed by atoms with Gasteiger partial charge >= 0.3 is 0 Å². The summed E-state index contributed by atoms with van der Waals surface area (Å²) in [6, 6.07) is 12.7. The Bertz CT molecular complexity index is 817. The van der Waals surface area contributed by atoms with Crippen molar-refractivity contribution in [3.05, 3.63) is 78.5 Å². The molecule has 6 nitrogen and oxygen atoms in total. The molecule has 140 valence electrons. The van der Waals surface area contributed by atoms with Crippen molar-refractivity contribution in [2.45, 2.75) is 12.6 Å². The van der Waals surface area contributed by atoms with Crippen molar-refractivity contribution in [1.82, 2.24) is 25.2 Å². The van der Waals surface area contributed by atoms with Gasteiger partial charge in [-0.05, 0) is 29.3 Å². The van der Waals surface area contributed by atoms with Gasteiger partial charge in [-0.1, -0.05) is 18.2 Å². The van der Waals surface area contributed by atoms with Crippen LogP contribution in [0.5, 0.6) is 11.6 Å². The van der Waals surface area contributed by atoms with E-state index < -0.39 is 0 Å². The summed E-state index contributed by atoms with van der Waals surface area (Å²) in [5.74, 6) is 1.26. The van der Waals surface area contributed by atoms with Gasteiger partial charge in [-0.2, -0.15) is 0 Å². The zero-order chi connectivity index (χ0) is 17.6. The lowest BCUT2D eigenvalue weighted by Crippen LogP contribution is -2.45. The molecule has 1 saturated heterocycles. The third-order valence-corrected chi connectivity index (χ3v) is 4.49. The molecule has 2 aromatic heterocycles. The van der Waals surface area contributed by atoms with Gasteiger partial charge in [-0.25, -0.2) is 4.98 Å². The molecule has 0 bridgehead atoms. The summed E-state index contributed by atoms with van der Waals surface area (Å²) in [7, 11) is 0. The number of nitrogens with one attached hydrogen (secondary N) is 1. The molecule has 1 N–H and O–H groups in total. The van der Waals surface area contributed by atoms with Crippen LogP contribution in [0.1, 0.15) is 17.2 Å². The van der Waals surface area contributed by atoms with Crippen LogP contribution in [0.15, 0.2) is 67.4 Å². The summed E-state index contributed by atoms with van der Waals surface area (Å²) in [6.07, 6.45) is 8.63. The molecule has 0 aliphatic carbocycles. The number of halogens is 1. The highest BCUT2D eigenvalue weighted by Gasteiger charge is 2.23. The first-order valence-electron chi connectivity index (χ1n) is 8.76. The number of hydrogen-bond acceptors (Lipinski definition) is 6. The van der Waals surface area contributed by atoms with Gasteiger partial charge in [0.1, 0.15) is 5.75 Å². The zero-order valence-electron chi connectivity index (χ0n) is 14.9. The molecule has 3 aromatic rings. The highest BCUT2D eigenvalue weighted by Crippen LogP contribution is 2.25. The topological polar surface area (TPSA) is 63.2 Å². The van der Waals surface area contributed by atoms with Crippen molar-refractivity contribution < 1.29 is 4.74 Å². The van der Waals surface area contributed by atoms with Gasteiger partial charge in [-0.3, -0.25) is 14.9 Å². The van der Waals surface area contributed by atoms with Crippen molar-refractivity contribution in [3.8, 4) is 11.6 Å². The molecule has 0 amide bonds. The van der Waals surface area contributed by atoms with E-state index in [0.717, 1.165) is 31.9 Å². The Morgan fingerprint density at radius 2 is 1.89 bits per heavy atom. The minimum atomic E-state index is 0. The van der Waals surface area contributed by atoms with Crippen LogP contribution >= 0.6 is 12.4 Å². The lowest BCUT2D eigenvalue weighted by atomic mass is 10.0. The van der Waals surface area contributed by atoms with Crippen molar-refractivity contribution in [2.75, 3.05) is 19.6 Å². The van der Waals surface area contributed by atoms with E-state index in [2.05, 4.69) is 43.4 Å². The minimum absolute atomic E-state index is 0. The van der Waals surface area contributed by atoms with Gasteiger partial charge < -0.3 is 10.1 Å². The van der Waals surface area contributed by atoms with Crippen LogP contribution in [-0.4, -0.2) is 39.5 Å². The molecule has 1 atom stereocenters. The smallest absolute Gasteiger partial charge is 0.237 e. The number of pyridine rings is 1. The van der Waals surface area contributed by atoms with E-state index in [1.807, 2.05) is 30.6 Å². The summed E-state index contributed by atoms with van der Waals surface area (Å²) < 4.78 is 5.71. The van der Waals surface area contributed by atoms with Crippen LogP contribution in [0.4, 0.5) is 0 Å². The first-order chi connectivity index (χ1) is 12.9. The Morgan fingerprint density at radius 1 is 1.04 bits per heavy atom. The Kier molecular flexibility index (Phi) is 6.70. The van der Waals surface area contributed by atoms with E-state index in [-0.39, 0.29) is 12.4 Å². The summed E-state index contributed by atoms with van der Waals surface area (Å²) in [5, 5.41) is 3.48. The molecule has 1 aliphatic heterocycles. The second-order valence-electron chi connectivity index (χ2n) is 6.27. The second kappa shape index (κ2) is 9.41. The summed E-state index contributed by atoms with van der Waals surface area (Å²) in [4.78, 5) is 14.9. The molecule has 0 radical (unpaired) electrons. The third kappa shape index (κ3) is 5.01. The largest absolute Gasteiger partial charge is 0.438 e. The van der Waals surface area contributed by atoms with Crippen LogP contribution in [0, 0.1) is 0 Å². The fourth-order valence-corrected chi connectivity index (χ4v) is 3.19. The standard InChI is InChI=1S/C20H21N5O.ClH/c1-2-17(12-21-7-1)19-13-23-10-11-25(19)15-16-3-5-18(6-4-16)26-20-14-22-8-9-24-20;/h1-9,12,14,19,23H,10-11,13,15H2;1H. The molecule has 3 heterocycles. The van der Waals surface area contributed by atoms with Gasteiger partial charge in [0.15, 0.2) is 0 Å². The SMILES string of the molecule is Cl.c1cncc(C2CNCCN2Cc2ccc(Oc3cnccn3)cc2)c1. The molecule has 0 spiro atoms. The van der Waals surface area contributed by atoms with Gasteiger partial charge in [0.05, 0.1) is 6.20 Å². The molecule has 0 saturated carbocycles. The monoisotopic (exact) mass is 383 g/mol. The predicted octanol–water partition coefficient (Wildman–Crippen LogP) is 3.23. The van der Waals surface area contributed by atoms with Gasteiger partial charge in [0.2, 0.25) is 5.88 Å². The van der Waals surface area contributed by atoms with E-state index in [1.54, 1.807) is 18.6 Å². The number of hydrogen-bond donors (Lipinski definition) is 1. The Labute approximate surface area is 165 Å².